The van der Waals surface area contributed by atoms with Crippen LogP contribution < -0.4 is 20.1 Å². The standard InChI is InChI=1S/C21H22N4O4/c1-14(26)25-20-12-21(24-13-23-20)29-17-6-4-16(5-7-17)22-10-9-15-3-8-18(27)19(11-15)28-2/h3-8,11-13,22,27H,9-10H2,1-2H3,(H,23,24,25,26). The van der Waals surface area contributed by atoms with E-state index >= 15 is 0 Å². The second kappa shape index (κ2) is 9.41. The lowest BCUT2D eigenvalue weighted by Crippen LogP contribution is -2.07. The van der Waals surface area contributed by atoms with Crippen LogP contribution in [-0.2, 0) is 11.2 Å². The number of hydrogen-bond donors (Lipinski definition) is 3. The molecule has 0 unspecified atom stereocenters. The van der Waals surface area contributed by atoms with Gasteiger partial charge >= 0.3 is 0 Å². The van der Waals surface area contributed by atoms with Gasteiger partial charge in [0.15, 0.2) is 11.5 Å². The molecule has 0 radical (unpaired) electrons. The molecule has 8 nitrogen and oxygen atoms in total. The zero-order valence-corrected chi connectivity index (χ0v) is 16.2. The fourth-order valence-corrected chi connectivity index (χ4v) is 2.63. The van der Waals surface area contributed by atoms with Gasteiger partial charge in [0.25, 0.3) is 0 Å². The lowest BCUT2D eigenvalue weighted by atomic mass is 10.1. The number of methoxy groups -OCH3 is 1. The van der Waals surface area contributed by atoms with Gasteiger partial charge in [0, 0.05) is 25.2 Å². The van der Waals surface area contributed by atoms with Gasteiger partial charge < -0.3 is 25.2 Å². The zero-order valence-electron chi connectivity index (χ0n) is 16.2. The van der Waals surface area contributed by atoms with Crippen molar-refractivity contribution < 1.29 is 19.4 Å². The average molecular weight is 394 g/mol. The summed E-state index contributed by atoms with van der Waals surface area (Å²) in [6.45, 7) is 2.13. The largest absolute Gasteiger partial charge is 0.504 e. The Labute approximate surface area is 168 Å². The van der Waals surface area contributed by atoms with Crippen LogP contribution in [-0.4, -0.2) is 34.6 Å². The Morgan fingerprint density at radius 3 is 2.62 bits per heavy atom. The number of rotatable bonds is 8. The molecular weight excluding hydrogens is 372 g/mol. The van der Waals surface area contributed by atoms with Gasteiger partial charge in [-0.2, -0.15) is 0 Å². The van der Waals surface area contributed by atoms with Crippen molar-refractivity contribution in [3.8, 4) is 23.1 Å². The van der Waals surface area contributed by atoms with E-state index < -0.39 is 0 Å². The van der Waals surface area contributed by atoms with Crippen molar-refractivity contribution in [2.75, 3.05) is 24.3 Å². The first-order valence-corrected chi connectivity index (χ1v) is 9.01. The molecule has 0 aliphatic rings. The second-order valence-electron chi connectivity index (χ2n) is 6.23. The summed E-state index contributed by atoms with van der Waals surface area (Å²) < 4.78 is 10.8. The number of amides is 1. The predicted molar refractivity (Wildman–Crippen MR) is 110 cm³/mol. The molecule has 3 N–H and O–H groups in total. The third kappa shape index (κ3) is 5.83. The summed E-state index contributed by atoms with van der Waals surface area (Å²) in [6, 6.07) is 14.3. The maximum atomic E-state index is 11.1. The van der Waals surface area contributed by atoms with Crippen molar-refractivity contribution in [1.82, 2.24) is 9.97 Å². The van der Waals surface area contributed by atoms with Gasteiger partial charge in [-0.3, -0.25) is 4.79 Å². The highest BCUT2D eigenvalue weighted by atomic mass is 16.5. The summed E-state index contributed by atoms with van der Waals surface area (Å²) in [5, 5.41) is 15.6. The van der Waals surface area contributed by atoms with E-state index in [1.54, 1.807) is 12.1 Å². The minimum atomic E-state index is -0.212. The van der Waals surface area contributed by atoms with E-state index in [1.807, 2.05) is 36.4 Å². The van der Waals surface area contributed by atoms with Crippen LogP contribution in [0.3, 0.4) is 0 Å². The number of aromatic hydroxyl groups is 1. The molecule has 0 aliphatic heterocycles. The molecule has 0 spiro atoms. The predicted octanol–water partition coefficient (Wildman–Crippen LogP) is 3.60. The number of benzene rings is 2. The molecule has 0 bridgehead atoms. The van der Waals surface area contributed by atoms with E-state index in [9.17, 15) is 9.90 Å². The van der Waals surface area contributed by atoms with Crippen molar-refractivity contribution in [3.05, 3.63) is 60.4 Å². The van der Waals surface area contributed by atoms with Gasteiger partial charge in [-0.1, -0.05) is 6.07 Å². The summed E-state index contributed by atoms with van der Waals surface area (Å²) in [5.74, 6) is 1.72. The monoisotopic (exact) mass is 394 g/mol. The van der Waals surface area contributed by atoms with E-state index in [0.29, 0.717) is 23.2 Å². The molecule has 3 aromatic rings. The number of carbonyl (C=O) groups is 1. The number of aromatic nitrogens is 2. The summed E-state index contributed by atoms with van der Waals surface area (Å²) in [6.07, 6.45) is 2.11. The van der Waals surface area contributed by atoms with Crippen LogP contribution in [0, 0.1) is 0 Å². The van der Waals surface area contributed by atoms with Crippen LogP contribution in [0.15, 0.2) is 54.9 Å². The minimum absolute atomic E-state index is 0.132. The van der Waals surface area contributed by atoms with Crippen LogP contribution in [0.25, 0.3) is 0 Å². The molecule has 0 atom stereocenters. The Kier molecular flexibility index (Phi) is 6.47. The van der Waals surface area contributed by atoms with Crippen LogP contribution in [0.4, 0.5) is 11.5 Å². The summed E-state index contributed by atoms with van der Waals surface area (Å²) in [7, 11) is 1.53. The van der Waals surface area contributed by atoms with Crippen LogP contribution in [0.2, 0.25) is 0 Å². The smallest absolute Gasteiger partial charge is 0.224 e. The van der Waals surface area contributed by atoms with Gasteiger partial charge in [0.1, 0.15) is 17.9 Å². The summed E-state index contributed by atoms with van der Waals surface area (Å²) >= 11 is 0. The van der Waals surface area contributed by atoms with E-state index in [-0.39, 0.29) is 11.7 Å². The van der Waals surface area contributed by atoms with Gasteiger partial charge in [-0.25, -0.2) is 9.97 Å². The number of nitrogens with zero attached hydrogens (tertiary/aromatic N) is 2. The van der Waals surface area contributed by atoms with Crippen LogP contribution in [0.5, 0.6) is 23.1 Å². The Morgan fingerprint density at radius 1 is 1.10 bits per heavy atom. The van der Waals surface area contributed by atoms with Gasteiger partial charge in [-0.15, -0.1) is 0 Å². The molecule has 1 amide bonds. The van der Waals surface area contributed by atoms with Gasteiger partial charge in [0.05, 0.1) is 7.11 Å². The number of phenolic OH excluding ortho intramolecular Hbond substituents is 1. The maximum absolute atomic E-state index is 11.1. The SMILES string of the molecule is COc1cc(CCNc2ccc(Oc3cc(NC(C)=O)ncn3)cc2)ccc1O. The molecule has 0 fully saturated rings. The van der Waals surface area contributed by atoms with E-state index in [0.717, 1.165) is 24.2 Å². The maximum Gasteiger partial charge on any atom is 0.224 e. The lowest BCUT2D eigenvalue weighted by molar-refractivity contribution is -0.114. The molecule has 8 heteroatoms. The first-order chi connectivity index (χ1) is 14.0. The fourth-order valence-electron chi connectivity index (χ4n) is 2.63. The number of phenols is 1. The number of anilines is 2. The Morgan fingerprint density at radius 2 is 1.90 bits per heavy atom. The second-order valence-corrected chi connectivity index (χ2v) is 6.23. The first kappa shape index (κ1) is 19.9. The summed E-state index contributed by atoms with van der Waals surface area (Å²) in [5.41, 5.74) is 2.01. The van der Waals surface area contributed by atoms with Gasteiger partial charge in [-0.05, 0) is 48.4 Å². The Balaban J connectivity index is 1.53. The van der Waals surface area contributed by atoms with Crippen molar-refractivity contribution in [1.29, 1.82) is 0 Å². The fraction of sp³-hybridized carbons (Fsp3) is 0.190. The number of hydrogen-bond acceptors (Lipinski definition) is 7. The molecule has 1 heterocycles. The topological polar surface area (TPSA) is 106 Å². The summed E-state index contributed by atoms with van der Waals surface area (Å²) in [4.78, 5) is 19.1. The van der Waals surface area contributed by atoms with Crippen LogP contribution >= 0.6 is 0 Å². The van der Waals surface area contributed by atoms with Crippen molar-refractivity contribution in [2.24, 2.45) is 0 Å². The Bertz CT molecular complexity index is 977. The highest BCUT2D eigenvalue weighted by Gasteiger charge is 2.05. The highest BCUT2D eigenvalue weighted by molar-refractivity contribution is 5.87. The molecule has 0 saturated carbocycles. The third-order valence-electron chi connectivity index (χ3n) is 4.01. The van der Waals surface area contributed by atoms with Crippen LogP contribution in [0.1, 0.15) is 12.5 Å². The number of ether oxygens (including phenoxy) is 2. The molecule has 0 aliphatic carbocycles. The van der Waals surface area contributed by atoms with E-state index in [1.165, 1.54) is 20.4 Å². The zero-order chi connectivity index (χ0) is 20.6. The number of carbonyl (C=O) groups excluding carboxylic acids is 1. The lowest BCUT2D eigenvalue weighted by Gasteiger charge is -2.10. The quantitative estimate of drug-likeness (QED) is 0.536. The Hall–Kier alpha value is -3.81. The normalized spacial score (nSPS) is 10.3. The molecular formula is C21H22N4O4. The van der Waals surface area contributed by atoms with E-state index in [4.69, 9.17) is 9.47 Å². The highest BCUT2D eigenvalue weighted by Crippen LogP contribution is 2.26. The minimum Gasteiger partial charge on any atom is -0.504 e. The number of nitrogens with one attached hydrogen (secondary N) is 2. The molecule has 1 aromatic heterocycles. The van der Waals surface area contributed by atoms with Crippen molar-refractivity contribution in [2.45, 2.75) is 13.3 Å². The molecule has 150 valence electrons. The average Bonchev–Trinajstić information content (AvgIpc) is 2.70. The molecule has 0 saturated heterocycles. The van der Waals surface area contributed by atoms with E-state index in [2.05, 4.69) is 20.6 Å². The van der Waals surface area contributed by atoms with Crippen molar-refractivity contribution >= 4 is 17.4 Å². The first-order valence-electron chi connectivity index (χ1n) is 9.01. The molecule has 2 aromatic carbocycles. The van der Waals surface area contributed by atoms with Gasteiger partial charge in [0.2, 0.25) is 11.8 Å². The molecule has 29 heavy (non-hydrogen) atoms. The third-order valence-corrected chi connectivity index (χ3v) is 4.01. The molecule has 3 rings (SSSR count). The van der Waals surface area contributed by atoms with Crippen molar-refractivity contribution in [3.63, 3.8) is 0 Å².